The Hall–Kier alpha value is -1.64. The number of aromatic nitrogens is 3. The van der Waals surface area contributed by atoms with Crippen molar-refractivity contribution in [3.63, 3.8) is 0 Å². The van der Waals surface area contributed by atoms with Crippen LogP contribution in [0.2, 0.25) is 0 Å². The molecule has 2 heterocycles. The number of carbonyl (C=O) groups is 1. The third-order valence-corrected chi connectivity index (χ3v) is 4.87. The highest BCUT2D eigenvalue weighted by atomic mass is 19.4. The number of halogens is 3. The molecule has 0 radical (unpaired) electrons. The van der Waals surface area contributed by atoms with E-state index in [2.05, 4.69) is 10.2 Å². The van der Waals surface area contributed by atoms with E-state index in [4.69, 9.17) is 5.73 Å². The van der Waals surface area contributed by atoms with Gasteiger partial charge in [-0.05, 0) is 19.8 Å². The molecule has 128 valence electrons. The average Bonchev–Trinajstić information content (AvgIpc) is 2.89. The van der Waals surface area contributed by atoms with Gasteiger partial charge >= 0.3 is 6.18 Å². The van der Waals surface area contributed by atoms with Gasteiger partial charge in [-0.2, -0.15) is 13.2 Å². The molecule has 3 rings (SSSR count). The summed E-state index contributed by atoms with van der Waals surface area (Å²) >= 11 is 0. The van der Waals surface area contributed by atoms with E-state index in [1.54, 1.807) is 4.90 Å². The van der Waals surface area contributed by atoms with Crippen LogP contribution in [0.1, 0.15) is 44.3 Å². The summed E-state index contributed by atoms with van der Waals surface area (Å²) in [5.74, 6) is -1.20. The molecule has 2 atom stereocenters. The van der Waals surface area contributed by atoms with E-state index in [-0.39, 0.29) is 37.3 Å². The summed E-state index contributed by atoms with van der Waals surface area (Å²) < 4.78 is 39.6. The molecule has 0 saturated heterocycles. The van der Waals surface area contributed by atoms with Gasteiger partial charge in [0.2, 0.25) is 11.7 Å². The minimum Gasteiger partial charge on any atom is -0.333 e. The van der Waals surface area contributed by atoms with E-state index in [1.807, 2.05) is 6.92 Å². The molecule has 2 unspecified atom stereocenters. The number of fused-ring (bicyclic) bond motifs is 1. The SMILES string of the molecule is CC1(N)CCCCC1C(=O)N1CCn2c(nnc2C(F)(F)F)C1. The van der Waals surface area contributed by atoms with Crippen molar-refractivity contribution in [1.82, 2.24) is 19.7 Å². The largest absolute Gasteiger partial charge is 0.451 e. The number of hydrogen-bond donors (Lipinski definition) is 1. The Morgan fingerprint density at radius 1 is 1.30 bits per heavy atom. The maximum atomic E-state index is 12.8. The zero-order chi connectivity index (χ0) is 16.8. The van der Waals surface area contributed by atoms with Crippen LogP contribution in [0.3, 0.4) is 0 Å². The monoisotopic (exact) mass is 331 g/mol. The number of rotatable bonds is 1. The van der Waals surface area contributed by atoms with Gasteiger partial charge in [-0.15, -0.1) is 10.2 Å². The summed E-state index contributed by atoms with van der Waals surface area (Å²) in [6.45, 7) is 2.20. The number of nitrogens with two attached hydrogens (primary N) is 1. The van der Waals surface area contributed by atoms with Gasteiger partial charge in [0, 0.05) is 18.6 Å². The molecule has 0 aromatic carbocycles. The molecule has 1 aromatic rings. The maximum Gasteiger partial charge on any atom is 0.451 e. The van der Waals surface area contributed by atoms with E-state index in [0.717, 1.165) is 30.3 Å². The smallest absolute Gasteiger partial charge is 0.333 e. The molecule has 9 heteroatoms. The van der Waals surface area contributed by atoms with Crippen LogP contribution in [0.25, 0.3) is 0 Å². The molecule has 0 spiro atoms. The summed E-state index contributed by atoms with van der Waals surface area (Å²) in [4.78, 5) is 14.3. The summed E-state index contributed by atoms with van der Waals surface area (Å²) in [7, 11) is 0. The molecular formula is C14H20F3N5O. The third-order valence-electron chi connectivity index (χ3n) is 4.87. The van der Waals surface area contributed by atoms with Gasteiger partial charge in [0.25, 0.3) is 0 Å². The zero-order valence-electron chi connectivity index (χ0n) is 12.9. The van der Waals surface area contributed by atoms with Crippen LogP contribution in [-0.4, -0.2) is 37.7 Å². The van der Waals surface area contributed by atoms with Crippen LogP contribution in [0.15, 0.2) is 0 Å². The first kappa shape index (κ1) is 16.2. The minimum absolute atomic E-state index is 0.0501. The molecule has 1 aliphatic carbocycles. The third kappa shape index (κ3) is 2.93. The predicted molar refractivity (Wildman–Crippen MR) is 75.0 cm³/mol. The number of hydrogen-bond acceptors (Lipinski definition) is 4. The van der Waals surface area contributed by atoms with Crippen molar-refractivity contribution >= 4 is 5.91 Å². The van der Waals surface area contributed by atoms with Gasteiger partial charge in [-0.25, -0.2) is 0 Å². The standard InChI is InChI=1S/C14H20F3N5O/c1-13(18)5-3-2-4-9(13)11(23)21-6-7-22-10(8-21)19-20-12(22)14(15,16)17/h9H,2-8,18H2,1H3. The zero-order valence-corrected chi connectivity index (χ0v) is 12.9. The van der Waals surface area contributed by atoms with Crippen LogP contribution in [-0.2, 0) is 24.1 Å². The lowest BCUT2D eigenvalue weighted by Gasteiger charge is -2.40. The highest BCUT2D eigenvalue weighted by Crippen LogP contribution is 2.34. The van der Waals surface area contributed by atoms with Gasteiger partial charge in [0.1, 0.15) is 0 Å². The predicted octanol–water partition coefficient (Wildman–Crippen LogP) is 1.55. The first-order valence-corrected chi connectivity index (χ1v) is 7.77. The van der Waals surface area contributed by atoms with E-state index >= 15 is 0 Å². The quantitative estimate of drug-likeness (QED) is 0.847. The van der Waals surface area contributed by atoms with Gasteiger partial charge in [0.15, 0.2) is 5.82 Å². The van der Waals surface area contributed by atoms with E-state index in [1.165, 1.54) is 0 Å². The lowest BCUT2D eigenvalue weighted by molar-refractivity contribution is -0.148. The molecule has 0 bridgehead atoms. The molecule has 6 nitrogen and oxygen atoms in total. The fourth-order valence-corrected chi connectivity index (χ4v) is 3.54. The Morgan fingerprint density at radius 3 is 2.70 bits per heavy atom. The molecule has 2 aliphatic rings. The van der Waals surface area contributed by atoms with E-state index in [9.17, 15) is 18.0 Å². The Morgan fingerprint density at radius 2 is 2.04 bits per heavy atom. The van der Waals surface area contributed by atoms with Gasteiger partial charge < -0.3 is 15.2 Å². The van der Waals surface area contributed by atoms with Crippen molar-refractivity contribution in [3.8, 4) is 0 Å². The Kier molecular flexibility index (Phi) is 3.86. The van der Waals surface area contributed by atoms with Crippen LogP contribution < -0.4 is 5.73 Å². The van der Waals surface area contributed by atoms with Crippen LogP contribution >= 0.6 is 0 Å². The molecule has 23 heavy (non-hydrogen) atoms. The highest BCUT2D eigenvalue weighted by molar-refractivity contribution is 5.80. The lowest BCUT2D eigenvalue weighted by Crippen LogP contribution is -2.54. The van der Waals surface area contributed by atoms with E-state index < -0.39 is 17.5 Å². The summed E-state index contributed by atoms with van der Waals surface area (Å²) in [5.41, 5.74) is 5.70. The molecule has 1 saturated carbocycles. The fraction of sp³-hybridized carbons (Fsp3) is 0.786. The van der Waals surface area contributed by atoms with Crippen molar-refractivity contribution < 1.29 is 18.0 Å². The van der Waals surface area contributed by atoms with Crippen molar-refractivity contribution in [2.75, 3.05) is 6.54 Å². The minimum atomic E-state index is -4.53. The second-order valence-electron chi connectivity index (χ2n) is 6.65. The molecule has 2 N–H and O–H groups in total. The molecule has 1 amide bonds. The second kappa shape index (κ2) is 5.47. The normalized spacial score (nSPS) is 28.6. The van der Waals surface area contributed by atoms with Crippen molar-refractivity contribution in [2.24, 2.45) is 11.7 Å². The number of amides is 1. The molecule has 1 aliphatic heterocycles. The van der Waals surface area contributed by atoms with Crippen molar-refractivity contribution in [1.29, 1.82) is 0 Å². The van der Waals surface area contributed by atoms with Crippen molar-refractivity contribution in [2.45, 2.75) is 57.4 Å². The Balaban J connectivity index is 1.77. The summed E-state index contributed by atoms with van der Waals surface area (Å²) in [6, 6.07) is 0. The van der Waals surface area contributed by atoms with Crippen LogP contribution in [0.4, 0.5) is 13.2 Å². The average molecular weight is 331 g/mol. The van der Waals surface area contributed by atoms with Gasteiger partial charge in [0.05, 0.1) is 12.5 Å². The highest BCUT2D eigenvalue weighted by Gasteiger charge is 2.43. The lowest BCUT2D eigenvalue weighted by atomic mass is 9.74. The molecular weight excluding hydrogens is 311 g/mol. The van der Waals surface area contributed by atoms with Crippen molar-refractivity contribution in [3.05, 3.63) is 11.6 Å². The summed E-state index contributed by atoms with van der Waals surface area (Å²) in [5, 5.41) is 6.83. The summed E-state index contributed by atoms with van der Waals surface area (Å²) in [6.07, 6.45) is -1.07. The topological polar surface area (TPSA) is 77.0 Å². The second-order valence-corrected chi connectivity index (χ2v) is 6.65. The molecule has 1 fully saturated rings. The van der Waals surface area contributed by atoms with Crippen LogP contribution in [0, 0.1) is 5.92 Å². The first-order chi connectivity index (χ1) is 10.7. The Labute approximate surface area is 131 Å². The first-order valence-electron chi connectivity index (χ1n) is 7.77. The Bertz CT molecular complexity index is 610. The number of alkyl halides is 3. The number of nitrogens with zero attached hydrogens (tertiary/aromatic N) is 4. The van der Waals surface area contributed by atoms with Gasteiger partial charge in [-0.1, -0.05) is 12.8 Å². The number of carbonyl (C=O) groups excluding carboxylic acids is 1. The maximum absolute atomic E-state index is 12.8. The van der Waals surface area contributed by atoms with Crippen LogP contribution in [0.5, 0.6) is 0 Å². The molecule has 1 aromatic heterocycles. The fourth-order valence-electron chi connectivity index (χ4n) is 3.54. The van der Waals surface area contributed by atoms with E-state index in [0.29, 0.717) is 0 Å². The van der Waals surface area contributed by atoms with Gasteiger partial charge in [-0.3, -0.25) is 4.79 Å².